The standard InChI is InChI=1S/C32H64O6Si4/c1-20-32(25(34)21-22-39(11,12)13)28(38-42(18,19)31(8,9)10)27(37-41(16,17)30(5,6)7)26(36-32)24(33)23-35-40(14,15)29(2,3)4/h1,24-28,33-34H,23H2,2-19H3/t24-,25?,26+,27+,28-,32+/m1/s1. The molecule has 0 bridgehead atoms. The van der Waals surface area contributed by atoms with Crippen LogP contribution in [0.4, 0.5) is 0 Å². The summed E-state index contributed by atoms with van der Waals surface area (Å²) >= 11 is 0. The summed E-state index contributed by atoms with van der Waals surface area (Å²) in [7, 11) is -8.94. The number of hydrogen-bond donors (Lipinski definition) is 2. The molecule has 2 N–H and O–H groups in total. The van der Waals surface area contributed by atoms with Crippen molar-refractivity contribution in [2.24, 2.45) is 0 Å². The molecule has 42 heavy (non-hydrogen) atoms. The van der Waals surface area contributed by atoms with Gasteiger partial charge in [-0.3, -0.25) is 0 Å². The number of ether oxygens (including phenoxy) is 1. The number of hydrogen-bond acceptors (Lipinski definition) is 6. The topological polar surface area (TPSA) is 77.4 Å². The molecule has 10 heteroatoms. The van der Waals surface area contributed by atoms with Crippen molar-refractivity contribution in [3.8, 4) is 23.8 Å². The zero-order valence-corrected chi connectivity index (χ0v) is 34.2. The van der Waals surface area contributed by atoms with Crippen LogP contribution in [0.1, 0.15) is 62.3 Å². The van der Waals surface area contributed by atoms with Gasteiger partial charge in [-0.25, -0.2) is 0 Å². The Balaban J connectivity index is 3.88. The Morgan fingerprint density at radius 1 is 0.762 bits per heavy atom. The second kappa shape index (κ2) is 12.9. The van der Waals surface area contributed by atoms with Crippen molar-refractivity contribution in [2.75, 3.05) is 6.61 Å². The monoisotopic (exact) mass is 656 g/mol. The zero-order chi connectivity index (χ0) is 33.5. The maximum Gasteiger partial charge on any atom is 0.192 e. The molecule has 0 aromatic carbocycles. The van der Waals surface area contributed by atoms with E-state index in [0.29, 0.717) is 0 Å². The quantitative estimate of drug-likeness (QED) is 0.203. The van der Waals surface area contributed by atoms with Gasteiger partial charge in [-0.15, -0.1) is 12.0 Å². The fourth-order valence-electron chi connectivity index (χ4n) is 3.78. The molecule has 0 radical (unpaired) electrons. The Morgan fingerprint density at radius 2 is 1.19 bits per heavy atom. The van der Waals surface area contributed by atoms with Gasteiger partial charge < -0.3 is 28.2 Å². The van der Waals surface area contributed by atoms with E-state index in [1.807, 2.05) is 0 Å². The molecular formula is C32H64O6Si4. The van der Waals surface area contributed by atoms with Gasteiger partial charge in [-0.2, -0.15) is 0 Å². The van der Waals surface area contributed by atoms with Gasteiger partial charge in [-0.05, 0) is 54.4 Å². The molecule has 1 rings (SSSR count). The predicted molar refractivity (Wildman–Crippen MR) is 187 cm³/mol. The van der Waals surface area contributed by atoms with Crippen LogP contribution in [0.2, 0.25) is 74.0 Å². The number of aliphatic hydroxyl groups is 2. The Morgan fingerprint density at radius 3 is 1.57 bits per heavy atom. The third-order valence-corrected chi connectivity index (χ3v) is 24.2. The summed E-state index contributed by atoms with van der Waals surface area (Å²) < 4.78 is 27.3. The average molecular weight is 657 g/mol. The van der Waals surface area contributed by atoms with Crippen LogP contribution < -0.4 is 0 Å². The molecule has 244 valence electrons. The minimum Gasteiger partial charge on any atom is -0.414 e. The third-order valence-electron chi connectivity index (χ3n) is 9.86. The molecule has 1 saturated heterocycles. The van der Waals surface area contributed by atoms with Crippen molar-refractivity contribution in [3.05, 3.63) is 0 Å². The van der Waals surface area contributed by atoms with Crippen LogP contribution in [-0.2, 0) is 18.0 Å². The van der Waals surface area contributed by atoms with Crippen molar-refractivity contribution < 1.29 is 28.2 Å². The van der Waals surface area contributed by atoms with E-state index in [-0.39, 0.29) is 21.7 Å². The molecule has 0 aromatic rings. The fourth-order valence-corrected chi connectivity index (χ4v) is 7.96. The van der Waals surface area contributed by atoms with Crippen molar-refractivity contribution in [1.29, 1.82) is 0 Å². The van der Waals surface area contributed by atoms with E-state index in [0.717, 1.165) is 0 Å². The summed E-state index contributed by atoms with van der Waals surface area (Å²) in [5.41, 5.74) is 1.64. The summed E-state index contributed by atoms with van der Waals surface area (Å²) in [6, 6.07) is 0. The molecule has 0 aromatic heterocycles. The second-order valence-corrected chi connectivity index (χ2v) is 36.8. The predicted octanol–water partition coefficient (Wildman–Crippen LogP) is 7.16. The van der Waals surface area contributed by atoms with E-state index in [1.54, 1.807) is 0 Å². The SMILES string of the molecule is C#C[C@@]1(C(O)C#C[Si](C)(C)C)O[C@@H]([C@H](O)CO[Si](C)(C)C(C)(C)C)[C@H](O[Si](C)(C)C(C)(C)C)[C@H]1O[Si](C)(C)C(C)(C)C. The minimum atomic E-state index is -2.48. The van der Waals surface area contributed by atoms with Crippen molar-refractivity contribution in [1.82, 2.24) is 0 Å². The summed E-state index contributed by atoms with van der Waals surface area (Å²) in [6.45, 7) is 38.9. The maximum atomic E-state index is 11.8. The molecule has 0 aliphatic carbocycles. The smallest absolute Gasteiger partial charge is 0.192 e. The molecule has 6 nitrogen and oxygen atoms in total. The number of terminal acetylenes is 1. The van der Waals surface area contributed by atoms with Gasteiger partial charge in [0.15, 0.2) is 36.7 Å². The molecule has 0 spiro atoms. The van der Waals surface area contributed by atoms with Gasteiger partial charge in [0.25, 0.3) is 0 Å². The molecule has 1 unspecified atom stereocenters. The van der Waals surface area contributed by atoms with Crippen LogP contribution >= 0.6 is 0 Å². The second-order valence-electron chi connectivity index (χ2n) is 17.7. The largest absolute Gasteiger partial charge is 0.414 e. The van der Waals surface area contributed by atoms with Crippen molar-refractivity contribution in [2.45, 2.75) is 172 Å². The molecule has 0 amide bonds. The maximum absolute atomic E-state index is 11.8. The highest BCUT2D eigenvalue weighted by molar-refractivity contribution is 6.83. The lowest BCUT2D eigenvalue weighted by Crippen LogP contribution is -2.60. The third kappa shape index (κ3) is 9.15. The van der Waals surface area contributed by atoms with E-state index >= 15 is 0 Å². The van der Waals surface area contributed by atoms with Gasteiger partial charge in [0.1, 0.15) is 32.5 Å². The highest BCUT2D eigenvalue weighted by Gasteiger charge is 2.64. The summed E-state index contributed by atoms with van der Waals surface area (Å²) in [5.74, 6) is 5.85. The van der Waals surface area contributed by atoms with E-state index < -0.39 is 69.1 Å². The Kier molecular flexibility index (Phi) is 12.2. The fraction of sp³-hybridized carbons (Fsp3) is 0.875. The van der Waals surface area contributed by atoms with Crippen LogP contribution in [0.25, 0.3) is 0 Å². The molecular weight excluding hydrogens is 593 g/mol. The van der Waals surface area contributed by atoms with Gasteiger partial charge in [0.2, 0.25) is 0 Å². The molecule has 1 fully saturated rings. The zero-order valence-electron chi connectivity index (χ0n) is 30.2. The highest BCUT2D eigenvalue weighted by Crippen LogP contribution is 2.48. The van der Waals surface area contributed by atoms with Crippen LogP contribution in [0.3, 0.4) is 0 Å². The highest BCUT2D eigenvalue weighted by atomic mass is 28.4. The lowest BCUT2D eigenvalue weighted by Gasteiger charge is -2.45. The number of aliphatic hydroxyl groups excluding tert-OH is 2. The lowest BCUT2D eigenvalue weighted by atomic mass is 9.89. The molecule has 1 aliphatic heterocycles. The minimum absolute atomic E-state index is 0.0283. The lowest BCUT2D eigenvalue weighted by molar-refractivity contribution is -0.123. The van der Waals surface area contributed by atoms with Crippen LogP contribution in [0, 0.1) is 23.8 Å². The van der Waals surface area contributed by atoms with Gasteiger partial charge in [0, 0.05) is 0 Å². The van der Waals surface area contributed by atoms with Gasteiger partial charge in [0.05, 0.1) is 6.61 Å². The Hall–Kier alpha value is -0.252. The van der Waals surface area contributed by atoms with E-state index in [4.69, 9.17) is 24.4 Å². The first-order valence-electron chi connectivity index (χ1n) is 15.4. The van der Waals surface area contributed by atoms with Gasteiger partial charge >= 0.3 is 0 Å². The Bertz CT molecular complexity index is 1030. The van der Waals surface area contributed by atoms with E-state index in [2.05, 4.69) is 139 Å². The van der Waals surface area contributed by atoms with Crippen molar-refractivity contribution >= 4 is 33.0 Å². The normalized spacial score (nSPS) is 26.3. The first-order chi connectivity index (χ1) is 18.4. The number of rotatable bonds is 9. The summed E-state index contributed by atoms with van der Waals surface area (Å²) in [5, 5.41) is 23.2. The van der Waals surface area contributed by atoms with E-state index in [9.17, 15) is 10.2 Å². The van der Waals surface area contributed by atoms with Gasteiger partial charge in [-0.1, -0.05) is 93.8 Å². The molecule has 0 saturated carbocycles. The van der Waals surface area contributed by atoms with Crippen LogP contribution in [-0.4, -0.2) is 86.0 Å². The molecule has 1 heterocycles. The summed E-state index contributed by atoms with van der Waals surface area (Å²) in [4.78, 5) is 0. The van der Waals surface area contributed by atoms with Crippen LogP contribution in [0.15, 0.2) is 0 Å². The first-order valence-corrected chi connectivity index (χ1v) is 27.6. The van der Waals surface area contributed by atoms with E-state index in [1.165, 1.54) is 0 Å². The molecule has 6 atom stereocenters. The Labute approximate surface area is 263 Å². The summed E-state index contributed by atoms with van der Waals surface area (Å²) in [6.07, 6.45) is 1.48. The first kappa shape index (κ1) is 39.8. The average Bonchev–Trinajstić information content (AvgIpc) is 3.06. The van der Waals surface area contributed by atoms with Crippen LogP contribution in [0.5, 0.6) is 0 Å². The van der Waals surface area contributed by atoms with Crippen molar-refractivity contribution in [3.63, 3.8) is 0 Å². The molecule has 1 aliphatic rings.